The van der Waals surface area contributed by atoms with Crippen LogP contribution in [-0.2, 0) is 6.42 Å². The number of aliphatic hydroxyl groups is 1. The summed E-state index contributed by atoms with van der Waals surface area (Å²) in [4.78, 5) is 9.95. The lowest BCUT2D eigenvalue weighted by Gasteiger charge is -2.60. The van der Waals surface area contributed by atoms with Crippen LogP contribution in [0.2, 0.25) is 5.02 Å². The summed E-state index contributed by atoms with van der Waals surface area (Å²) >= 11 is 6.15. The van der Waals surface area contributed by atoms with Gasteiger partial charge in [-0.05, 0) is 84.3 Å². The lowest BCUT2D eigenvalue weighted by molar-refractivity contribution is -0.0524. The lowest BCUT2D eigenvalue weighted by atomic mass is 9.67. The molecule has 4 aliphatic rings. The van der Waals surface area contributed by atoms with Crippen LogP contribution in [0.25, 0.3) is 22.0 Å². The molecule has 4 aromatic rings. The predicted molar refractivity (Wildman–Crippen MR) is 167 cm³/mol. The number of aromatic nitrogens is 1. The highest BCUT2D eigenvalue weighted by atomic mass is 35.5. The van der Waals surface area contributed by atoms with Crippen molar-refractivity contribution in [3.63, 3.8) is 0 Å². The monoisotopic (exact) mass is 565 g/mol. The first-order valence-corrected chi connectivity index (χ1v) is 15.1. The molecular weight excluding hydrogens is 530 g/mol. The van der Waals surface area contributed by atoms with Gasteiger partial charge in [-0.3, -0.25) is 9.88 Å². The zero-order valence-corrected chi connectivity index (χ0v) is 24.2. The van der Waals surface area contributed by atoms with E-state index in [9.17, 15) is 0 Å². The molecule has 8 rings (SSSR count). The van der Waals surface area contributed by atoms with Gasteiger partial charge in [0.15, 0.2) is 0 Å². The van der Waals surface area contributed by atoms with Gasteiger partial charge in [0.05, 0.1) is 23.7 Å². The number of benzene rings is 3. The fourth-order valence-corrected chi connectivity index (χ4v) is 8.02. The summed E-state index contributed by atoms with van der Waals surface area (Å²) in [5, 5.41) is 8.72. The number of hydrogen-bond acceptors (Lipinski definition) is 5. The fraction of sp³-hybridized carbons (Fsp3) is 0.343. The first-order valence-electron chi connectivity index (χ1n) is 14.7. The number of aliphatic hydroxyl groups excluding tert-OH is 1. The van der Waals surface area contributed by atoms with E-state index in [4.69, 9.17) is 21.4 Å². The molecule has 2 aliphatic carbocycles. The third kappa shape index (κ3) is 4.34. The Kier molecular flexibility index (Phi) is 6.98. The Morgan fingerprint density at radius 1 is 0.976 bits per heavy atom. The van der Waals surface area contributed by atoms with Crippen molar-refractivity contribution >= 4 is 28.2 Å². The number of hydrogen-bond donors (Lipinski definition) is 1. The number of rotatable bonds is 6. The maximum atomic E-state index is 7.00. The standard InChI is InChI=1S/C34H32ClN3O.CH4O/c35-26-9-11-30-31(20-26)36-15-13-32(30)39-17-5-16-37-22-33-34(37)14-4-3-7-25(34)21-38(33)27-10-12-29-24(19-27)18-23-6-1-2-8-28(23)29;1-2/h1-4,6,8-13,15,19-20,25,33H,5,7,14,16-18,21-22H2;2H,1H3/t25?,33-,34?;/m1./s1. The van der Waals surface area contributed by atoms with Crippen molar-refractivity contribution in [3.8, 4) is 16.9 Å². The van der Waals surface area contributed by atoms with E-state index < -0.39 is 0 Å². The number of anilines is 1. The van der Waals surface area contributed by atoms with Crippen LogP contribution in [0, 0.1) is 5.92 Å². The predicted octanol–water partition coefficient (Wildman–Crippen LogP) is 6.75. The molecule has 0 saturated carbocycles. The Morgan fingerprint density at radius 2 is 1.85 bits per heavy atom. The first-order chi connectivity index (χ1) is 20.2. The van der Waals surface area contributed by atoms with Crippen LogP contribution in [0.5, 0.6) is 5.75 Å². The zero-order valence-electron chi connectivity index (χ0n) is 23.5. The van der Waals surface area contributed by atoms with E-state index in [0.717, 1.165) is 62.7 Å². The van der Waals surface area contributed by atoms with Crippen LogP contribution in [0.4, 0.5) is 5.69 Å². The molecule has 3 heterocycles. The van der Waals surface area contributed by atoms with Gasteiger partial charge in [0.1, 0.15) is 5.75 Å². The Bertz CT molecular complexity index is 1620. The molecule has 1 spiro atoms. The molecule has 2 saturated heterocycles. The van der Waals surface area contributed by atoms with Crippen molar-refractivity contribution in [1.82, 2.24) is 9.88 Å². The second-order valence-electron chi connectivity index (χ2n) is 11.6. The van der Waals surface area contributed by atoms with Gasteiger partial charge in [-0.1, -0.05) is 54.1 Å². The summed E-state index contributed by atoms with van der Waals surface area (Å²) in [5.74, 6) is 1.57. The molecule has 0 radical (unpaired) electrons. The molecule has 1 aromatic heterocycles. The highest BCUT2D eigenvalue weighted by Gasteiger charge is 2.63. The van der Waals surface area contributed by atoms with Crippen LogP contribution < -0.4 is 9.64 Å². The summed E-state index contributed by atoms with van der Waals surface area (Å²) in [5.41, 5.74) is 8.32. The summed E-state index contributed by atoms with van der Waals surface area (Å²) < 4.78 is 6.25. The van der Waals surface area contributed by atoms with Crippen LogP contribution in [0.1, 0.15) is 30.4 Å². The van der Waals surface area contributed by atoms with E-state index >= 15 is 0 Å². The molecule has 41 heavy (non-hydrogen) atoms. The van der Waals surface area contributed by atoms with Crippen molar-refractivity contribution in [2.75, 3.05) is 38.3 Å². The molecule has 3 aromatic carbocycles. The third-order valence-electron chi connectivity index (χ3n) is 9.70. The molecule has 210 valence electrons. The largest absolute Gasteiger partial charge is 0.493 e. The van der Waals surface area contributed by atoms with E-state index in [1.54, 1.807) is 6.20 Å². The quantitative estimate of drug-likeness (QED) is 0.182. The molecule has 5 nitrogen and oxygen atoms in total. The van der Waals surface area contributed by atoms with Crippen molar-refractivity contribution in [2.45, 2.75) is 37.3 Å². The number of fused-ring (bicyclic) bond motifs is 4. The molecule has 0 amide bonds. The van der Waals surface area contributed by atoms with Crippen LogP contribution in [-0.4, -0.2) is 59.9 Å². The minimum Gasteiger partial charge on any atom is -0.493 e. The van der Waals surface area contributed by atoms with E-state index in [1.807, 2.05) is 24.3 Å². The summed E-state index contributed by atoms with van der Waals surface area (Å²) in [6, 6.07) is 24.4. The minimum atomic E-state index is 0.261. The average Bonchev–Trinajstić information content (AvgIpc) is 3.50. The zero-order chi connectivity index (χ0) is 28.0. The number of nitrogens with zero attached hydrogens (tertiary/aromatic N) is 3. The fourth-order valence-electron chi connectivity index (χ4n) is 7.85. The van der Waals surface area contributed by atoms with Crippen molar-refractivity contribution in [1.29, 1.82) is 0 Å². The van der Waals surface area contributed by atoms with E-state index in [1.165, 1.54) is 34.4 Å². The summed E-state index contributed by atoms with van der Waals surface area (Å²) in [6.45, 7) is 4.06. The van der Waals surface area contributed by atoms with Crippen molar-refractivity contribution in [2.24, 2.45) is 5.92 Å². The molecule has 2 fully saturated rings. The van der Waals surface area contributed by atoms with Crippen molar-refractivity contribution in [3.05, 3.63) is 101 Å². The van der Waals surface area contributed by atoms with Gasteiger partial charge in [-0.2, -0.15) is 0 Å². The van der Waals surface area contributed by atoms with E-state index in [2.05, 4.69) is 69.4 Å². The summed E-state index contributed by atoms with van der Waals surface area (Å²) in [7, 11) is 1.00. The number of halogens is 1. The van der Waals surface area contributed by atoms with Gasteiger partial charge in [0.25, 0.3) is 0 Å². The van der Waals surface area contributed by atoms with E-state index in [-0.39, 0.29) is 5.54 Å². The molecule has 0 bridgehead atoms. The number of ether oxygens (including phenoxy) is 1. The SMILES string of the molecule is CO.Clc1ccc2c(OCCCN3C[C@H]4N(c5ccc6c(c5)Cc5ccccc5-6)CC5CC=CCC543)ccnc2c1. The Labute approximate surface area is 247 Å². The Hall–Kier alpha value is -3.38. The van der Waals surface area contributed by atoms with Crippen LogP contribution in [0.15, 0.2) is 85.1 Å². The van der Waals surface area contributed by atoms with Gasteiger partial charge >= 0.3 is 0 Å². The highest BCUT2D eigenvalue weighted by molar-refractivity contribution is 6.31. The molecule has 6 heteroatoms. The minimum absolute atomic E-state index is 0.261. The Morgan fingerprint density at radius 3 is 2.78 bits per heavy atom. The third-order valence-corrected chi connectivity index (χ3v) is 9.93. The van der Waals surface area contributed by atoms with Gasteiger partial charge in [0.2, 0.25) is 0 Å². The smallest absolute Gasteiger partial charge is 0.130 e. The van der Waals surface area contributed by atoms with Crippen molar-refractivity contribution < 1.29 is 9.84 Å². The maximum absolute atomic E-state index is 7.00. The lowest BCUT2D eigenvalue weighted by Crippen LogP contribution is -2.73. The highest BCUT2D eigenvalue weighted by Crippen LogP contribution is 2.53. The Balaban J connectivity index is 0.00000135. The molecule has 2 unspecified atom stereocenters. The first kappa shape index (κ1) is 26.5. The average molecular weight is 566 g/mol. The molecular formula is C35H36ClN3O2. The molecule has 2 aliphatic heterocycles. The van der Waals surface area contributed by atoms with Gasteiger partial charge < -0.3 is 14.7 Å². The van der Waals surface area contributed by atoms with Crippen LogP contribution in [0.3, 0.4) is 0 Å². The maximum Gasteiger partial charge on any atom is 0.130 e. The number of allylic oxidation sites excluding steroid dienone is 1. The molecule has 1 N–H and O–H groups in total. The normalized spacial score (nSPS) is 23.6. The summed E-state index contributed by atoms with van der Waals surface area (Å²) in [6.07, 6.45) is 11.1. The second kappa shape index (κ2) is 10.8. The van der Waals surface area contributed by atoms with Gasteiger partial charge in [0, 0.05) is 55.0 Å². The topological polar surface area (TPSA) is 48.8 Å². The number of pyridine rings is 1. The van der Waals surface area contributed by atoms with Gasteiger partial charge in [-0.15, -0.1) is 0 Å². The second-order valence-corrected chi connectivity index (χ2v) is 12.0. The number of likely N-dealkylation sites (tertiary alicyclic amines) is 1. The molecule has 3 atom stereocenters. The van der Waals surface area contributed by atoms with E-state index in [0.29, 0.717) is 23.6 Å². The van der Waals surface area contributed by atoms with Crippen LogP contribution >= 0.6 is 11.6 Å². The van der Waals surface area contributed by atoms with Gasteiger partial charge in [-0.25, -0.2) is 0 Å².